The highest BCUT2D eigenvalue weighted by Crippen LogP contribution is 2.32. The lowest BCUT2D eigenvalue weighted by molar-refractivity contribution is -0.151. The minimum atomic E-state index is -4.33. The number of ether oxygens (including phenoxy) is 2. The average Bonchev–Trinajstić information content (AvgIpc) is 2.96. The normalized spacial score (nSPS) is 14.5. The summed E-state index contributed by atoms with van der Waals surface area (Å²) >= 11 is 0. The first-order valence-corrected chi connectivity index (χ1v) is 13.9. The summed E-state index contributed by atoms with van der Waals surface area (Å²) in [4.78, 5) is 14.5. The van der Waals surface area contributed by atoms with Gasteiger partial charge in [-0.2, -0.15) is 13.2 Å². The molecular formula is C33H37ClF3NO3. The van der Waals surface area contributed by atoms with Gasteiger partial charge in [0.1, 0.15) is 5.75 Å². The van der Waals surface area contributed by atoms with Crippen molar-refractivity contribution >= 4 is 23.9 Å². The highest BCUT2D eigenvalue weighted by atomic mass is 35.5. The topological polar surface area (TPSA) is 38.8 Å². The maximum absolute atomic E-state index is 13.1. The van der Waals surface area contributed by atoms with Crippen LogP contribution >= 0.6 is 12.4 Å². The molecule has 0 aliphatic carbocycles. The van der Waals surface area contributed by atoms with Crippen molar-refractivity contribution in [1.82, 2.24) is 4.90 Å². The largest absolute Gasteiger partial charge is 0.479 e. The summed E-state index contributed by atoms with van der Waals surface area (Å²) in [6, 6.07) is 21.8. The van der Waals surface area contributed by atoms with Gasteiger partial charge >= 0.3 is 12.1 Å². The van der Waals surface area contributed by atoms with Crippen molar-refractivity contribution in [2.45, 2.75) is 51.8 Å². The predicted molar refractivity (Wildman–Crippen MR) is 159 cm³/mol. The van der Waals surface area contributed by atoms with Crippen LogP contribution in [0.25, 0.3) is 16.7 Å². The van der Waals surface area contributed by atoms with Gasteiger partial charge in [-0.25, -0.2) is 4.79 Å². The van der Waals surface area contributed by atoms with Gasteiger partial charge in [0.15, 0.2) is 6.10 Å². The molecule has 0 radical (unpaired) electrons. The summed E-state index contributed by atoms with van der Waals surface area (Å²) in [6.07, 6.45) is 0.180. The molecule has 0 N–H and O–H groups in total. The molecule has 0 aromatic heterocycles. The van der Waals surface area contributed by atoms with Crippen LogP contribution in [0.3, 0.4) is 0 Å². The van der Waals surface area contributed by atoms with Crippen molar-refractivity contribution in [2.24, 2.45) is 0 Å². The maximum atomic E-state index is 13.1. The second-order valence-electron chi connectivity index (χ2n) is 9.98. The first-order valence-electron chi connectivity index (χ1n) is 13.9. The number of esters is 1. The SMILES string of the molecule is CCCC(Oc1ccc(-c2ccc(CCN3CC=C(c4cccc(C(F)(F)F)c4)CC3)cc2)cc1)C(=O)OCC.Cl. The van der Waals surface area contributed by atoms with Gasteiger partial charge in [-0.05, 0) is 78.3 Å². The number of halogens is 4. The van der Waals surface area contributed by atoms with E-state index >= 15 is 0 Å². The maximum Gasteiger partial charge on any atom is 0.416 e. The molecule has 220 valence electrons. The second-order valence-corrected chi connectivity index (χ2v) is 9.98. The molecule has 1 aliphatic rings. The van der Waals surface area contributed by atoms with E-state index in [-0.39, 0.29) is 18.4 Å². The van der Waals surface area contributed by atoms with Gasteiger partial charge in [0.25, 0.3) is 0 Å². The Hall–Kier alpha value is -3.29. The van der Waals surface area contributed by atoms with Crippen LogP contribution in [0.15, 0.2) is 78.9 Å². The van der Waals surface area contributed by atoms with Crippen LogP contribution in [0.1, 0.15) is 49.8 Å². The van der Waals surface area contributed by atoms with Gasteiger partial charge in [0.2, 0.25) is 0 Å². The van der Waals surface area contributed by atoms with Crippen molar-refractivity contribution in [1.29, 1.82) is 0 Å². The molecule has 0 bridgehead atoms. The molecule has 1 atom stereocenters. The van der Waals surface area contributed by atoms with Crippen molar-refractivity contribution in [3.63, 3.8) is 0 Å². The molecule has 4 nitrogen and oxygen atoms in total. The second kappa shape index (κ2) is 15.1. The van der Waals surface area contributed by atoms with Gasteiger partial charge in [0, 0.05) is 19.6 Å². The Bertz CT molecular complexity index is 1290. The fraction of sp³-hybridized carbons (Fsp3) is 0.364. The van der Waals surface area contributed by atoms with Gasteiger partial charge in [-0.15, -0.1) is 12.4 Å². The Kier molecular flexibility index (Phi) is 11.9. The highest BCUT2D eigenvalue weighted by molar-refractivity contribution is 5.85. The lowest BCUT2D eigenvalue weighted by Gasteiger charge is -2.26. The smallest absolute Gasteiger partial charge is 0.416 e. The molecular weight excluding hydrogens is 551 g/mol. The fourth-order valence-corrected chi connectivity index (χ4v) is 4.84. The molecule has 0 spiro atoms. The molecule has 3 aromatic carbocycles. The third-order valence-electron chi connectivity index (χ3n) is 7.09. The average molecular weight is 588 g/mol. The third kappa shape index (κ3) is 9.10. The zero-order chi connectivity index (χ0) is 28.5. The molecule has 3 aromatic rings. The number of hydrogen-bond acceptors (Lipinski definition) is 4. The summed E-state index contributed by atoms with van der Waals surface area (Å²) in [5, 5.41) is 0. The van der Waals surface area contributed by atoms with E-state index in [4.69, 9.17) is 9.47 Å². The zero-order valence-corrected chi connectivity index (χ0v) is 24.3. The van der Waals surface area contributed by atoms with E-state index in [0.29, 0.717) is 24.3 Å². The van der Waals surface area contributed by atoms with E-state index < -0.39 is 17.8 Å². The molecule has 1 unspecified atom stereocenters. The number of benzene rings is 3. The monoisotopic (exact) mass is 587 g/mol. The lowest BCUT2D eigenvalue weighted by atomic mass is 9.97. The molecule has 0 saturated heterocycles. The van der Waals surface area contributed by atoms with Gasteiger partial charge in [-0.3, -0.25) is 4.90 Å². The number of nitrogens with zero attached hydrogens (tertiary/aromatic N) is 1. The number of rotatable bonds is 11. The molecule has 4 rings (SSSR count). The highest BCUT2D eigenvalue weighted by Gasteiger charge is 2.30. The Labute approximate surface area is 246 Å². The van der Waals surface area contributed by atoms with Gasteiger partial charge in [0.05, 0.1) is 12.2 Å². The molecule has 0 fully saturated rings. The summed E-state index contributed by atoms with van der Waals surface area (Å²) in [5.41, 5.74) is 4.42. The Balaban J connectivity index is 0.00000462. The molecule has 1 heterocycles. The summed E-state index contributed by atoms with van der Waals surface area (Å²) in [6.45, 7) is 6.56. The van der Waals surface area contributed by atoms with E-state index in [2.05, 4.69) is 29.2 Å². The van der Waals surface area contributed by atoms with Crippen LogP contribution in [-0.2, 0) is 22.1 Å². The van der Waals surface area contributed by atoms with Crippen molar-refractivity contribution in [3.05, 3.63) is 95.6 Å². The minimum Gasteiger partial charge on any atom is -0.479 e. The lowest BCUT2D eigenvalue weighted by Crippen LogP contribution is -2.30. The van der Waals surface area contributed by atoms with Crippen LogP contribution in [0.2, 0.25) is 0 Å². The number of carbonyl (C=O) groups is 1. The quantitative estimate of drug-likeness (QED) is 0.212. The molecule has 0 saturated carbocycles. The summed E-state index contributed by atoms with van der Waals surface area (Å²) in [7, 11) is 0. The first-order chi connectivity index (χ1) is 19.3. The number of alkyl halides is 3. The Morgan fingerprint density at radius 3 is 2.22 bits per heavy atom. The standard InChI is InChI=1S/C33H36F3NO3.ClH/c1-3-6-31(32(38)39-4-2)40-30-15-13-26(14-16-30)25-11-9-24(10-12-25)17-20-37-21-18-27(19-22-37)28-7-5-8-29(23-28)33(34,35)36;/h5,7-16,18,23,31H,3-4,6,17,19-22H2,1-2H3;1H. The van der Waals surface area contributed by atoms with Crippen molar-refractivity contribution < 1.29 is 27.4 Å². The first kappa shape index (κ1) is 32.2. The van der Waals surface area contributed by atoms with E-state index in [1.54, 1.807) is 13.0 Å². The number of hydrogen-bond donors (Lipinski definition) is 0. The molecule has 1 aliphatic heterocycles. The van der Waals surface area contributed by atoms with Crippen LogP contribution in [0.4, 0.5) is 13.2 Å². The number of carbonyl (C=O) groups excluding carboxylic acids is 1. The zero-order valence-electron chi connectivity index (χ0n) is 23.5. The van der Waals surface area contributed by atoms with E-state index in [9.17, 15) is 18.0 Å². The molecule has 0 amide bonds. The van der Waals surface area contributed by atoms with Crippen molar-refractivity contribution in [3.8, 4) is 16.9 Å². The van der Waals surface area contributed by atoms with Crippen LogP contribution in [0, 0.1) is 0 Å². The Morgan fingerprint density at radius 2 is 1.63 bits per heavy atom. The van der Waals surface area contributed by atoms with E-state index in [1.165, 1.54) is 17.7 Å². The van der Waals surface area contributed by atoms with Crippen molar-refractivity contribution in [2.75, 3.05) is 26.2 Å². The van der Waals surface area contributed by atoms with Crippen LogP contribution in [-0.4, -0.2) is 43.2 Å². The van der Waals surface area contributed by atoms with Gasteiger partial charge in [-0.1, -0.05) is 68.0 Å². The molecule has 41 heavy (non-hydrogen) atoms. The van der Waals surface area contributed by atoms with E-state index in [1.807, 2.05) is 37.3 Å². The third-order valence-corrected chi connectivity index (χ3v) is 7.09. The van der Waals surface area contributed by atoms with Crippen LogP contribution in [0.5, 0.6) is 5.75 Å². The summed E-state index contributed by atoms with van der Waals surface area (Å²) in [5.74, 6) is 0.305. The predicted octanol–water partition coefficient (Wildman–Crippen LogP) is 8.24. The summed E-state index contributed by atoms with van der Waals surface area (Å²) < 4.78 is 50.2. The fourth-order valence-electron chi connectivity index (χ4n) is 4.84. The minimum absolute atomic E-state index is 0. The molecule has 8 heteroatoms. The van der Waals surface area contributed by atoms with Crippen LogP contribution < -0.4 is 4.74 Å². The van der Waals surface area contributed by atoms with Gasteiger partial charge < -0.3 is 9.47 Å². The Morgan fingerprint density at radius 1 is 0.951 bits per heavy atom. The van der Waals surface area contributed by atoms with E-state index in [0.717, 1.165) is 61.7 Å².